The van der Waals surface area contributed by atoms with Gasteiger partial charge in [0.2, 0.25) is 0 Å². The first-order valence-electron chi connectivity index (χ1n) is 15.8. The summed E-state index contributed by atoms with van der Waals surface area (Å²) in [4.78, 5) is 37.1. The van der Waals surface area contributed by atoms with Crippen LogP contribution in [-0.2, 0) is 14.3 Å². The average Bonchev–Trinajstić information content (AvgIpc) is 3.06. The number of nitrogens with zero attached hydrogens (tertiary/aromatic N) is 2. The lowest BCUT2D eigenvalue weighted by Gasteiger charge is -2.13. The quantitative estimate of drug-likeness (QED) is 0.0571. The molecule has 0 radical (unpaired) electrons. The van der Waals surface area contributed by atoms with Crippen LogP contribution < -0.4 is 9.47 Å². The molecule has 0 spiro atoms. The second-order valence-electron chi connectivity index (χ2n) is 10.7. The highest BCUT2D eigenvalue weighted by molar-refractivity contribution is 5.93. The number of carbonyl (C=O) groups is 3. The fourth-order valence-electron chi connectivity index (χ4n) is 4.21. The van der Waals surface area contributed by atoms with E-state index >= 15 is 0 Å². The first-order valence-corrected chi connectivity index (χ1v) is 15.8. The molecule has 9 nitrogen and oxygen atoms in total. The van der Waals surface area contributed by atoms with Crippen molar-refractivity contribution in [1.29, 1.82) is 0 Å². The zero-order valence-electron chi connectivity index (χ0n) is 26.5. The van der Waals surface area contributed by atoms with Crippen molar-refractivity contribution in [1.82, 2.24) is 0 Å². The standard InChI is InChI=1S/C36H44N2O7/c1-4-6-8-10-12-25-42-32-23-19-31(20-24-32)38-37-30-17-13-28(14-18-30)36(41)45-33-21-15-29(16-22-33)35(40)44-27(3)34(39)43-26-11-9-7-5-2/h13-24,27H,4-12,25-26H2,1-3H3. The summed E-state index contributed by atoms with van der Waals surface area (Å²) in [5.41, 5.74) is 1.81. The predicted molar refractivity (Wildman–Crippen MR) is 173 cm³/mol. The van der Waals surface area contributed by atoms with E-state index in [-0.39, 0.29) is 11.3 Å². The van der Waals surface area contributed by atoms with Gasteiger partial charge in [0.15, 0.2) is 6.10 Å². The largest absolute Gasteiger partial charge is 0.494 e. The van der Waals surface area contributed by atoms with Crippen LogP contribution in [0, 0.1) is 0 Å². The topological polar surface area (TPSA) is 113 Å². The molecule has 0 amide bonds. The van der Waals surface area contributed by atoms with Crippen LogP contribution in [0.15, 0.2) is 83.0 Å². The van der Waals surface area contributed by atoms with Crippen LogP contribution in [0.3, 0.4) is 0 Å². The van der Waals surface area contributed by atoms with Crippen LogP contribution in [0.5, 0.6) is 11.5 Å². The van der Waals surface area contributed by atoms with Crippen LogP contribution in [0.4, 0.5) is 11.4 Å². The van der Waals surface area contributed by atoms with E-state index < -0.39 is 24.0 Å². The molecule has 0 heterocycles. The van der Waals surface area contributed by atoms with Crippen LogP contribution >= 0.6 is 0 Å². The maximum atomic E-state index is 12.6. The van der Waals surface area contributed by atoms with E-state index in [1.165, 1.54) is 56.9 Å². The summed E-state index contributed by atoms with van der Waals surface area (Å²) >= 11 is 0. The summed E-state index contributed by atoms with van der Waals surface area (Å²) in [7, 11) is 0. The molecule has 0 bridgehead atoms. The number of carbonyl (C=O) groups excluding carboxylic acids is 3. The van der Waals surface area contributed by atoms with Crippen molar-refractivity contribution < 1.29 is 33.3 Å². The molecule has 0 aliphatic heterocycles. The van der Waals surface area contributed by atoms with Gasteiger partial charge in [-0.2, -0.15) is 10.2 Å². The van der Waals surface area contributed by atoms with Crippen molar-refractivity contribution in [3.05, 3.63) is 83.9 Å². The molecule has 0 saturated carbocycles. The molecular weight excluding hydrogens is 572 g/mol. The molecule has 1 unspecified atom stereocenters. The Hall–Kier alpha value is -4.53. The van der Waals surface area contributed by atoms with Gasteiger partial charge >= 0.3 is 17.9 Å². The predicted octanol–water partition coefficient (Wildman–Crippen LogP) is 9.34. The summed E-state index contributed by atoms with van der Waals surface area (Å²) < 4.78 is 21.6. The number of esters is 3. The second kappa shape index (κ2) is 19.7. The summed E-state index contributed by atoms with van der Waals surface area (Å²) in [6.07, 6.45) is 8.88. The Morgan fingerprint density at radius 3 is 1.71 bits per heavy atom. The number of rotatable bonds is 19. The Kier molecular flexibility index (Phi) is 15.3. The Bertz CT molecular complexity index is 1350. The van der Waals surface area contributed by atoms with E-state index in [0.717, 1.165) is 37.9 Å². The Balaban J connectivity index is 1.42. The van der Waals surface area contributed by atoms with Gasteiger partial charge in [0.05, 0.1) is 35.7 Å². The molecule has 45 heavy (non-hydrogen) atoms. The SMILES string of the molecule is CCCCCCCOc1ccc(N=Nc2ccc(C(=O)Oc3ccc(C(=O)OC(C)C(=O)OCCCCCC)cc3)cc2)cc1. The van der Waals surface area contributed by atoms with Crippen LogP contribution in [0.2, 0.25) is 0 Å². The molecule has 0 fully saturated rings. The van der Waals surface area contributed by atoms with Gasteiger partial charge in [-0.1, -0.05) is 58.8 Å². The van der Waals surface area contributed by atoms with Crippen molar-refractivity contribution in [3.63, 3.8) is 0 Å². The monoisotopic (exact) mass is 616 g/mol. The highest BCUT2D eigenvalue weighted by atomic mass is 16.6. The van der Waals surface area contributed by atoms with Gasteiger partial charge < -0.3 is 18.9 Å². The minimum Gasteiger partial charge on any atom is -0.494 e. The fraction of sp³-hybridized carbons (Fsp3) is 0.417. The lowest BCUT2D eigenvalue weighted by atomic mass is 10.2. The number of hydrogen-bond acceptors (Lipinski definition) is 9. The molecule has 1 atom stereocenters. The minimum absolute atomic E-state index is 0.215. The Morgan fingerprint density at radius 2 is 1.09 bits per heavy atom. The van der Waals surface area contributed by atoms with Crippen molar-refractivity contribution in [3.8, 4) is 11.5 Å². The van der Waals surface area contributed by atoms with Crippen molar-refractivity contribution in [2.75, 3.05) is 13.2 Å². The van der Waals surface area contributed by atoms with Gasteiger partial charge in [-0.3, -0.25) is 0 Å². The molecule has 3 aromatic rings. The molecular formula is C36H44N2O7. The van der Waals surface area contributed by atoms with Gasteiger partial charge in [0.1, 0.15) is 11.5 Å². The van der Waals surface area contributed by atoms with E-state index in [4.69, 9.17) is 18.9 Å². The first kappa shape index (κ1) is 35.0. The smallest absolute Gasteiger partial charge is 0.347 e. The maximum Gasteiger partial charge on any atom is 0.347 e. The average molecular weight is 617 g/mol. The summed E-state index contributed by atoms with van der Waals surface area (Å²) in [6, 6.07) is 19.9. The number of azo groups is 1. The lowest BCUT2D eigenvalue weighted by molar-refractivity contribution is -0.153. The third-order valence-corrected chi connectivity index (χ3v) is 6.90. The minimum atomic E-state index is -1.03. The van der Waals surface area contributed by atoms with Gasteiger partial charge in [0.25, 0.3) is 0 Å². The Labute approximate surface area is 266 Å². The second-order valence-corrected chi connectivity index (χ2v) is 10.7. The summed E-state index contributed by atoms with van der Waals surface area (Å²) in [5, 5.41) is 8.49. The van der Waals surface area contributed by atoms with E-state index in [0.29, 0.717) is 30.2 Å². The number of unbranched alkanes of at least 4 members (excludes halogenated alkanes) is 7. The molecule has 0 aromatic heterocycles. The normalized spacial score (nSPS) is 11.6. The van der Waals surface area contributed by atoms with Gasteiger partial charge in [-0.25, -0.2) is 14.4 Å². The number of ether oxygens (including phenoxy) is 4. The molecule has 0 saturated heterocycles. The zero-order valence-corrected chi connectivity index (χ0v) is 26.5. The number of benzene rings is 3. The van der Waals surface area contributed by atoms with Crippen molar-refractivity contribution >= 4 is 29.3 Å². The molecule has 0 aliphatic carbocycles. The highest BCUT2D eigenvalue weighted by Crippen LogP contribution is 2.23. The Morgan fingerprint density at radius 1 is 0.600 bits per heavy atom. The van der Waals surface area contributed by atoms with E-state index in [9.17, 15) is 14.4 Å². The molecule has 3 aromatic carbocycles. The molecule has 9 heteroatoms. The molecule has 0 aliphatic rings. The van der Waals surface area contributed by atoms with Gasteiger partial charge in [-0.15, -0.1) is 0 Å². The van der Waals surface area contributed by atoms with E-state index in [1.54, 1.807) is 24.3 Å². The van der Waals surface area contributed by atoms with Crippen LogP contribution in [-0.4, -0.2) is 37.2 Å². The molecule has 3 rings (SSSR count). The summed E-state index contributed by atoms with van der Waals surface area (Å²) in [5.74, 6) is -0.762. The van der Waals surface area contributed by atoms with E-state index in [2.05, 4.69) is 24.1 Å². The van der Waals surface area contributed by atoms with Crippen LogP contribution in [0.25, 0.3) is 0 Å². The van der Waals surface area contributed by atoms with Crippen molar-refractivity contribution in [2.24, 2.45) is 10.2 Å². The summed E-state index contributed by atoms with van der Waals surface area (Å²) in [6.45, 7) is 6.79. The van der Waals surface area contributed by atoms with E-state index in [1.807, 2.05) is 24.3 Å². The van der Waals surface area contributed by atoms with Crippen molar-refractivity contribution in [2.45, 2.75) is 84.7 Å². The third kappa shape index (κ3) is 12.9. The lowest BCUT2D eigenvalue weighted by Crippen LogP contribution is -2.26. The third-order valence-electron chi connectivity index (χ3n) is 6.90. The number of hydrogen-bond donors (Lipinski definition) is 0. The zero-order chi connectivity index (χ0) is 32.3. The molecule has 0 N–H and O–H groups in total. The van der Waals surface area contributed by atoms with Gasteiger partial charge in [0, 0.05) is 0 Å². The highest BCUT2D eigenvalue weighted by Gasteiger charge is 2.20. The molecule has 240 valence electrons. The maximum absolute atomic E-state index is 12.6. The van der Waals surface area contributed by atoms with Crippen LogP contribution in [0.1, 0.15) is 99.3 Å². The fourth-order valence-corrected chi connectivity index (χ4v) is 4.21. The first-order chi connectivity index (χ1) is 21.9. The van der Waals surface area contributed by atoms with Gasteiger partial charge in [-0.05, 0) is 92.6 Å².